The molecule has 4 nitrogen and oxygen atoms in total. The van der Waals surface area contributed by atoms with Crippen molar-refractivity contribution in [2.45, 2.75) is 6.42 Å². The summed E-state index contributed by atoms with van der Waals surface area (Å²) >= 11 is 0. The van der Waals surface area contributed by atoms with Gasteiger partial charge in [-0.15, -0.1) is 0 Å². The van der Waals surface area contributed by atoms with Crippen LogP contribution >= 0.6 is 0 Å². The summed E-state index contributed by atoms with van der Waals surface area (Å²) in [6, 6.07) is 0. The first kappa shape index (κ1) is 11.1. The van der Waals surface area contributed by atoms with Gasteiger partial charge in [-0.3, -0.25) is 0 Å². The third-order valence-electron chi connectivity index (χ3n) is 1.26. The molecule has 0 fully saturated rings. The van der Waals surface area contributed by atoms with Gasteiger partial charge in [-0.1, -0.05) is 6.58 Å². The van der Waals surface area contributed by atoms with Gasteiger partial charge in [0.15, 0.2) is 0 Å². The monoisotopic (exact) mass is 174 g/mol. The summed E-state index contributed by atoms with van der Waals surface area (Å²) in [7, 11) is 3.32. The number of carbonyl (C=O) groups excluding carboxylic acids is 1. The molecule has 0 unspecified atom stereocenters. The molecule has 0 aromatic carbocycles. The second-order valence-electron chi connectivity index (χ2n) is 3.07. The molecule has 0 saturated carbocycles. The fourth-order valence-electron chi connectivity index (χ4n) is 0.683. The first-order valence-electron chi connectivity index (χ1n) is 3.80. The van der Waals surface area contributed by atoms with Crippen molar-refractivity contribution >= 4 is 5.97 Å². The lowest BCUT2D eigenvalue weighted by molar-refractivity contribution is -1.07. The van der Waals surface area contributed by atoms with Crippen LogP contribution in [0.4, 0.5) is 0 Å². The SMILES string of the molecule is C=CC(=O)OCCC[N+](C)(C)O. The van der Waals surface area contributed by atoms with Crippen molar-refractivity contribution in [3.05, 3.63) is 12.7 Å². The number of rotatable bonds is 5. The lowest BCUT2D eigenvalue weighted by Crippen LogP contribution is -2.36. The Morgan fingerprint density at radius 2 is 2.25 bits per heavy atom. The van der Waals surface area contributed by atoms with E-state index in [-0.39, 0.29) is 4.65 Å². The van der Waals surface area contributed by atoms with E-state index in [1.165, 1.54) is 0 Å². The molecule has 0 radical (unpaired) electrons. The molecule has 12 heavy (non-hydrogen) atoms. The van der Waals surface area contributed by atoms with Crippen molar-refractivity contribution in [2.24, 2.45) is 0 Å². The standard InChI is InChI=1S/C8H16NO3/c1-4-8(10)12-7-5-6-9(2,3)11/h4,11H,1,5-7H2,2-3H3/q+1. The molecule has 0 aliphatic rings. The molecule has 0 aromatic rings. The second-order valence-corrected chi connectivity index (χ2v) is 3.07. The highest BCUT2D eigenvalue weighted by atomic mass is 16.5. The van der Waals surface area contributed by atoms with Crippen LogP contribution in [-0.2, 0) is 9.53 Å². The molecule has 0 rings (SSSR count). The predicted molar refractivity (Wildman–Crippen MR) is 44.5 cm³/mol. The van der Waals surface area contributed by atoms with Crippen LogP contribution in [0.5, 0.6) is 0 Å². The van der Waals surface area contributed by atoms with Crippen LogP contribution in [0.25, 0.3) is 0 Å². The topological polar surface area (TPSA) is 46.5 Å². The van der Waals surface area contributed by atoms with E-state index in [9.17, 15) is 10.0 Å². The Labute approximate surface area is 72.6 Å². The van der Waals surface area contributed by atoms with E-state index >= 15 is 0 Å². The number of carbonyl (C=O) groups is 1. The number of hydroxylamine groups is 3. The van der Waals surface area contributed by atoms with E-state index in [0.717, 1.165) is 6.08 Å². The summed E-state index contributed by atoms with van der Waals surface area (Å²) in [5, 5.41) is 9.22. The normalized spacial score (nSPS) is 10.9. The Balaban J connectivity index is 3.34. The lowest BCUT2D eigenvalue weighted by atomic mass is 10.4. The minimum atomic E-state index is -0.418. The van der Waals surface area contributed by atoms with Crippen molar-refractivity contribution in [3.8, 4) is 0 Å². The Hall–Kier alpha value is -0.870. The average Bonchev–Trinajstić information content (AvgIpc) is 1.96. The zero-order valence-corrected chi connectivity index (χ0v) is 7.62. The summed E-state index contributed by atoms with van der Waals surface area (Å²) in [4.78, 5) is 10.5. The molecule has 0 saturated heterocycles. The van der Waals surface area contributed by atoms with Gasteiger partial charge >= 0.3 is 5.97 Å². The van der Waals surface area contributed by atoms with Gasteiger partial charge in [-0.25, -0.2) is 10.0 Å². The van der Waals surface area contributed by atoms with Crippen LogP contribution in [0, 0.1) is 0 Å². The maximum atomic E-state index is 10.5. The van der Waals surface area contributed by atoms with Crippen molar-refractivity contribution in [3.63, 3.8) is 0 Å². The van der Waals surface area contributed by atoms with Crippen LogP contribution in [0.15, 0.2) is 12.7 Å². The quantitative estimate of drug-likeness (QED) is 0.218. The molecule has 1 N–H and O–H groups in total. The zero-order chi connectivity index (χ0) is 9.61. The molecule has 0 amide bonds. The minimum absolute atomic E-state index is 0.106. The van der Waals surface area contributed by atoms with E-state index in [1.54, 1.807) is 14.1 Å². The van der Waals surface area contributed by atoms with Crippen LogP contribution in [-0.4, -0.2) is 43.1 Å². The van der Waals surface area contributed by atoms with Crippen molar-refractivity contribution < 1.29 is 19.4 Å². The van der Waals surface area contributed by atoms with Gasteiger partial charge in [0.05, 0.1) is 20.7 Å². The van der Waals surface area contributed by atoms with Gasteiger partial charge in [0, 0.05) is 12.5 Å². The van der Waals surface area contributed by atoms with E-state index < -0.39 is 5.97 Å². The van der Waals surface area contributed by atoms with Crippen LogP contribution < -0.4 is 0 Å². The van der Waals surface area contributed by atoms with E-state index in [1.807, 2.05) is 0 Å². The lowest BCUT2D eigenvalue weighted by Gasteiger charge is -2.18. The Morgan fingerprint density at radius 1 is 1.67 bits per heavy atom. The van der Waals surface area contributed by atoms with Crippen LogP contribution in [0.3, 0.4) is 0 Å². The highest BCUT2D eigenvalue weighted by molar-refractivity contribution is 5.81. The maximum absolute atomic E-state index is 10.5. The van der Waals surface area contributed by atoms with Crippen LogP contribution in [0.2, 0.25) is 0 Å². The van der Waals surface area contributed by atoms with Gasteiger partial charge in [0.2, 0.25) is 0 Å². The number of nitrogens with zero attached hydrogens (tertiary/aromatic N) is 1. The summed E-state index contributed by atoms with van der Waals surface area (Å²) in [5.74, 6) is -0.418. The number of hydrogen-bond donors (Lipinski definition) is 1. The summed E-state index contributed by atoms with van der Waals surface area (Å²) in [5.41, 5.74) is 0. The summed E-state index contributed by atoms with van der Waals surface area (Å²) in [6.07, 6.45) is 1.77. The molecular formula is C8H16NO3+. The number of quaternary nitrogens is 1. The smallest absolute Gasteiger partial charge is 0.330 e. The van der Waals surface area contributed by atoms with Gasteiger partial charge in [0.1, 0.15) is 6.54 Å². The molecule has 4 heteroatoms. The fraction of sp³-hybridized carbons (Fsp3) is 0.625. The third-order valence-corrected chi connectivity index (χ3v) is 1.26. The highest BCUT2D eigenvalue weighted by Crippen LogP contribution is 1.93. The van der Waals surface area contributed by atoms with Crippen LogP contribution in [0.1, 0.15) is 6.42 Å². The second kappa shape index (κ2) is 4.90. The number of ether oxygens (including phenoxy) is 1. The van der Waals surface area contributed by atoms with Crippen molar-refractivity contribution in [2.75, 3.05) is 27.2 Å². The largest absolute Gasteiger partial charge is 0.462 e. The molecule has 0 aliphatic heterocycles. The van der Waals surface area contributed by atoms with E-state index in [0.29, 0.717) is 19.6 Å². The molecule has 0 aliphatic carbocycles. The number of hydrogen-bond acceptors (Lipinski definition) is 3. The summed E-state index contributed by atoms with van der Waals surface area (Å²) in [6.45, 7) is 4.15. The van der Waals surface area contributed by atoms with Crippen molar-refractivity contribution in [1.82, 2.24) is 0 Å². The number of esters is 1. The Morgan fingerprint density at radius 3 is 2.67 bits per heavy atom. The average molecular weight is 174 g/mol. The molecular weight excluding hydrogens is 158 g/mol. The minimum Gasteiger partial charge on any atom is -0.462 e. The molecule has 0 bridgehead atoms. The van der Waals surface area contributed by atoms with Gasteiger partial charge in [-0.2, -0.15) is 4.65 Å². The predicted octanol–water partition coefficient (Wildman–Crippen LogP) is 0.571. The molecule has 0 spiro atoms. The first-order valence-corrected chi connectivity index (χ1v) is 3.80. The Kier molecular flexibility index (Phi) is 4.54. The fourth-order valence-corrected chi connectivity index (χ4v) is 0.683. The first-order chi connectivity index (χ1) is 5.45. The van der Waals surface area contributed by atoms with E-state index in [4.69, 9.17) is 4.74 Å². The van der Waals surface area contributed by atoms with Gasteiger partial charge in [0.25, 0.3) is 0 Å². The van der Waals surface area contributed by atoms with Crippen molar-refractivity contribution in [1.29, 1.82) is 0 Å². The molecule has 70 valence electrons. The van der Waals surface area contributed by atoms with Gasteiger partial charge in [-0.05, 0) is 0 Å². The highest BCUT2D eigenvalue weighted by Gasteiger charge is 2.09. The molecule has 0 aromatic heterocycles. The molecule has 0 atom stereocenters. The Bertz CT molecular complexity index is 160. The zero-order valence-electron chi connectivity index (χ0n) is 7.62. The van der Waals surface area contributed by atoms with E-state index in [2.05, 4.69) is 6.58 Å². The maximum Gasteiger partial charge on any atom is 0.330 e. The molecule has 0 heterocycles. The third kappa shape index (κ3) is 7.24. The summed E-state index contributed by atoms with van der Waals surface area (Å²) < 4.78 is 4.60. The van der Waals surface area contributed by atoms with Gasteiger partial charge < -0.3 is 4.74 Å².